The van der Waals surface area contributed by atoms with Crippen LogP contribution in [0.15, 0.2) is 29.1 Å². The first-order valence-electron chi connectivity index (χ1n) is 5.55. The van der Waals surface area contributed by atoms with Gasteiger partial charge in [0.25, 0.3) is 0 Å². The molecule has 0 fully saturated rings. The number of anilines is 1. The molecule has 0 amide bonds. The molecule has 0 unspecified atom stereocenters. The molecule has 0 bridgehead atoms. The number of hydrogen-bond acceptors (Lipinski definition) is 5. The van der Waals surface area contributed by atoms with Crippen LogP contribution >= 0.6 is 11.3 Å². The van der Waals surface area contributed by atoms with Crippen LogP contribution in [-0.2, 0) is 6.54 Å². The van der Waals surface area contributed by atoms with E-state index in [1.54, 1.807) is 25.6 Å². The Morgan fingerprint density at radius 2 is 2.11 bits per heavy atom. The van der Waals surface area contributed by atoms with E-state index in [4.69, 9.17) is 9.47 Å². The second-order valence-corrected chi connectivity index (χ2v) is 4.60. The van der Waals surface area contributed by atoms with Crippen LogP contribution in [0.3, 0.4) is 0 Å². The zero-order valence-electron chi connectivity index (χ0n) is 10.7. The molecule has 0 saturated heterocycles. The van der Waals surface area contributed by atoms with Gasteiger partial charge in [-0.05, 0) is 12.1 Å². The molecule has 0 aliphatic carbocycles. The van der Waals surface area contributed by atoms with Gasteiger partial charge in [-0.2, -0.15) is 0 Å². The van der Waals surface area contributed by atoms with Gasteiger partial charge in [0, 0.05) is 30.6 Å². The van der Waals surface area contributed by atoms with Gasteiger partial charge in [-0.15, -0.1) is 11.3 Å². The summed E-state index contributed by atoms with van der Waals surface area (Å²) in [5.41, 5.74) is 2.94. The van der Waals surface area contributed by atoms with Crippen LogP contribution in [0.25, 0.3) is 0 Å². The summed E-state index contributed by atoms with van der Waals surface area (Å²) in [5, 5.41) is 2.02. The van der Waals surface area contributed by atoms with E-state index < -0.39 is 0 Å². The monoisotopic (exact) mass is 264 g/mol. The normalized spacial score (nSPS) is 10.2. The van der Waals surface area contributed by atoms with Gasteiger partial charge in [-0.3, -0.25) is 0 Å². The van der Waals surface area contributed by atoms with Gasteiger partial charge in [0.2, 0.25) is 0 Å². The lowest BCUT2D eigenvalue weighted by Gasteiger charge is -2.18. The fourth-order valence-corrected chi connectivity index (χ4v) is 2.31. The van der Waals surface area contributed by atoms with Crippen molar-refractivity contribution in [3.05, 3.63) is 34.7 Å². The van der Waals surface area contributed by atoms with E-state index in [9.17, 15) is 0 Å². The summed E-state index contributed by atoms with van der Waals surface area (Å²) in [6.07, 6.45) is 0. The van der Waals surface area contributed by atoms with Gasteiger partial charge < -0.3 is 14.4 Å². The first-order chi connectivity index (χ1) is 8.74. The third-order valence-electron chi connectivity index (χ3n) is 2.71. The highest BCUT2D eigenvalue weighted by Gasteiger charge is 2.09. The molecule has 0 radical (unpaired) electrons. The van der Waals surface area contributed by atoms with E-state index in [1.165, 1.54) is 0 Å². The zero-order chi connectivity index (χ0) is 13.0. The Labute approximate surface area is 111 Å². The second-order valence-electron chi connectivity index (χ2n) is 3.88. The van der Waals surface area contributed by atoms with Crippen molar-refractivity contribution in [2.45, 2.75) is 6.54 Å². The number of methoxy groups -OCH3 is 2. The van der Waals surface area contributed by atoms with Crippen molar-refractivity contribution in [1.29, 1.82) is 0 Å². The van der Waals surface area contributed by atoms with Crippen LogP contribution in [0.5, 0.6) is 11.5 Å². The molecule has 1 aromatic heterocycles. The summed E-state index contributed by atoms with van der Waals surface area (Å²) >= 11 is 1.59. The number of hydrogen-bond donors (Lipinski definition) is 0. The fourth-order valence-electron chi connectivity index (χ4n) is 1.71. The average molecular weight is 264 g/mol. The summed E-state index contributed by atoms with van der Waals surface area (Å²) in [4.78, 5) is 6.36. The molecule has 96 valence electrons. The van der Waals surface area contributed by atoms with Crippen LogP contribution in [0.2, 0.25) is 0 Å². The van der Waals surface area contributed by atoms with E-state index in [-0.39, 0.29) is 0 Å². The number of aromatic nitrogens is 1. The lowest BCUT2D eigenvalue weighted by atomic mass is 10.2. The number of ether oxygens (including phenoxy) is 2. The summed E-state index contributed by atoms with van der Waals surface area (Å²) < 4.78 is 10.6. The molecule has 0 aliphatic rings. The molecule has 4 nitrogen and oxygen atoms in total. The van der Waals surface area contributed by atoms with Crippen molar-refractivity contribution >= 4 is 17.2 Å². The third-order valence-corrected chi connectivity index (χ3v) is 3.29. The lowest BCUT2D eigenvalue weighted by Crippen LogP contribution is -2.17. The maximum atomic E-state index is 5.38. The topological polar surface area (TPSA) is 34.6 Å². The van der Waals surface area contributed by atoms with Gasteiger partial charge in [0.1, 0.15) is 17.3 Å². The molecule has 2 rings (SSSR count). The Hall–Kier alpha value is -1.75. The fraction of sp³-hybridized carbons (Fsp3) is 0.308. The molecule has 2 aromatic rings. The molecule has 18 heavy (non-hydrogen) atoms. The predicted octanol–water partition coefficient (Wildman–Crippen LogP) is 2.80. The van der Waals surface area contributed by atoms with E-state index >= 15 is 0 Å². The minimum absolute atomic E-state index is 0.747. The van der Waals surface area contributed by atoms with Crippen LogP contribution in [0.4, 0.5) is 5.82 Å². The van der Waals surface area contributed by atoms with Crippen LogP contribution in [-0.4, -0.2) is 26.3 Å². The highest BCUT2D eigenvalue weighted by atomic mass is 32.1. The zero-order valence-corrected chi connectivity index (χ0v) is 11.5. The molecular weight excluding hydrogens is 248 g/mol. The third kappa shape index (κ3) is 2.73. The summed E-state index contributed by atoms with van der Waals surface area (Å²) in [6.45, 7) is 0.747. The summed E-state index contributed by atoms with van der Waals surface area (Å²) in [7, 11) is 5.33. The Morgan fingerprint density at radius 3 is 2.72 bits per heavy atom. The summed E-state index contributed by atoms with van der Waals surface area (Å²) in [6, 6.07) is 5.84. The lowest BCUT2D eigenvalue weighted by molar-refractivity contribution is 0.391. The number of thiazole rings is 1. The molecule has 1 aromatic carbocycles. The maximum absolute atomic E-state index is 5.38. The number of rotatable bonds is 5. The van der Waals surface area contributed by atoms with E-state index in [0.717, 1.165) is 29.4 Å². The van der Waals surface area contributed by atoms with E-state index in [0.29, 0.717) is 0 Å². The first-order valence-corrected chi connectivity index (χ1v) is 6.49. The van der Waals surface area contributed by atoms with Crippen molar-refractivity contribution < 1.29 is 9.47 Å². The minimum atomic E-state index is 0.747. The quantitative estimate of drug-likeness (QED) is 0.831. The van der Waals surface area contributed by atoms with Crippen molar-refractivity contribution in [2.75, 3.05) is 26.2 Å². The van der Waals surface area contributed by atoms with Crippen molar-refractivity contribution in [2.24, 2.45) is 0 Å². The SMILES string of the molecule is COc1ccc(CN(C)c2cscn2)c(OC)c1. The maximum Gasteiger partial charge on any atom is 0.139 e. The van der Waals surface area contributed by atoms with E-state index in [1.807, 2.05) is 36.1 Å². The van der Waals surface area contributed by atoms with Crippen LogP contribution in [0.1, 0.15) is 5.56 Å². The number of benzene rings is 1. The van der Waals surface area contributed by atoms with Crippen molar-refractivity contribution in [3.8, 4) is 11.5 Å². The average Bonchev–Trinajstić information content (AvgIpc) is 2.93. The Kier molecular flexibility index (Phi) is 4.04. The van der Waals surface area contributed by atoms with Gasteiger partial charge in [0.05, 0.1) is 19.7 Å². The van der Waals surface area contributed by atoms with Crippen molar-refractivity contribution in [3.63, 3.8) is 0 Å². The summed E-state index contributed by atoms with van der Waals surface area (Å²) in [5.74, 6) is 2.60. The molecule has 0 aliphatic heterocycles. The second kappa shape index (κ2) is 5.73. The van der Waals surface area contributed by atoms with Crippen LogP contribution < -0.4 is 14.4 Å². The standard InChI is InChI=1S/C13H16N2O2S/c1-15(13-8-18-9-14-13)7-10-4-5-11(16-2)6-12(10)17-3/h4-6,8-9H,7H2,1-3H3. The molecule has 5 heteroatoms. The highest BCUT2D eigenvalue weighted by molar-refractivity contribution is 7.07. The predicted molar refractivity (Wildman–Crippen MR) is 73.8 cm³/mol. The molecule has 0 N–H and O–H groups in total. The highest BCUT2D eigenvalue weighted by Crippen LogP contribution is 2.26. The Balaban J connectivity index is 2.18. The Bertz CT molecular complexity index is 500. The smallest absolute Gasteiger partial charge is 0.139 e. The first kappa shape index (κ1) is 12.7. The van der Waals surface area contributed by atoms with Gasteiger partial charge >= 0.3 is 0 Å². The van der Waals surface area contributed by atoms with Gasteiger partial charge in [-0.25, -0.2) is 4.98 Å². The van der Waals surface area contributed by atoms with E-state index in [2.05, 4.69) is 9.88 Å². The molecule has 0 spiro atoms. The Morgan fingerprint density at radius 1 is 1.28 bits per heavy atom. The molecule has 0 atom stereocenters. The minimum Gasteiger partial charge on any atom is -0.497 e. The van der Waals surface area contributed by atoms with Crippen molar-refractivity contribution in [1.82, 2.24) is 4.98 Å². The molecule has 1 heterocycles. The number of nitrogens with zero attached hydrogens (tertiary/aromatic N) is 2. The molecular formula is C13H16N2O2S. The largest absolute Gasteiger partial charge is 0.497 e. The molecule has 0 saturated carbocycles. The van der Waals surface area contributed by atoms with Gasteiger partial charge in [0.15, 0.2) is 0 Å². The van der Waals surface area contributed by atoms with Crippen LogP contribution in [0, 0.1) is 0 Å². The van der Waals surface area contributed by atoms with Gasteiger partial charge in [-0.1, -0.05) is 0 Å².